The zero-order valence-electron chi connectivity index (χ0n) is 14.9. The number of aromatic nitrogens is 1. The van der Waals surface area contributed by atoms with Crippen molar-refractivity contribution in [1.29, 1.82) is 0 Å². The second kappa shape index (κ2) is 7.27. The molecule has 1 aliphatic heterocycles. The van der Waals surface area contributed by atoms with E-state index < -0.39 is 0 Å². The Kier molecular flexibility index (Phi) is 5.08. The molecule has 0 saturated carbocycles. The van der Waals surface area contributed by atoms with Crippen molar-refractivity contribution in [3.8, 4) is 0 Å². The monoisotopic (exact) mass is 343 g/mol. The summed E-state index contributed by atoms with van der Waals surface area (Å²) in [7, 11) is 0. The zero-order valence-corrected chi connectivity index (χ0v) is 14.9. The van der Waals surface area contributed by atoms with Gasteiger partial charge in [0.25, 0.3) is 0 Å². The molecule has 3 rings (SSSR count). The highest BCUT2D eigenvalue weighted by Gasteiger charge is 2.30. The second-order valence-corrected chi connectivity index (χ2v) is 7.30. The maximum Gasteiger partial charge on any atom is 0.315 e. The summed E-state index contributed by atoms with van der Waals surface area (Å²) in [5.74, 6) is 0.502. The SMILES string of the molecule is CC(C)(C)c1coc(CNC(=O)N[C@H]2CCO[C@@H]2c2ccccc2)n1. The number of amides is 2. The van der Waals surface area contributed by atoms with Crippen LogP contribution in [-0.2, 0) is 16.7 Å². The third kappa shape index (κ3) is 4.39. The second-order valence-electron chi connectivity index (χ2n) is 7.30. The van der Waals surface area contributed by atoms with Gasteiger partial charge in [0.05, 0.1) is 18.3 Å². The quantitative estimate of drug-likeness (QED) is 0.893. The number of oxazole rings is 1. The first-order valence-electron chi connectivity index (χ1n) is 8.59. The highest BCUT2D eigenvalue weighted by Crippen LogP contribution is 2.28. The number of hydrogen-bond acceptors (Lipinski definition) is 4. The third-order valence-electron chi connectivity index (χ3n) is 4.26. The van der Waals surface area contributed by atoms with Gasteiger partial charge < -0.3 is 19.8 Å². The summed E-state index contributed by atoms with van der Waals surface area (Å²) >= 11 is 0. The van der Waals surface area contributed by atoms with Crippen molar-refractivity contribution in [2.24, 2.45) is 0 Å². The van der Waals surface area contributed by atoms with Crippen LogP contribution in [0.25, 0.3) is 0 Å². The fourth-order valence-corrected chi connectivity index (χ4v) is 2.82. The lowest BCUT2D eigenvalue weighted by atomic mass is 9.93. The summed E-state index contributed by atoms with van der Waals surface area (Å²) in [4.78, 5) is 16.6. The molecule has 2 N–H and O–H groups in total. The molecule has 2 aromatic rings. The molecular weight excluding hydrogens is 318 g/mol. The van der Waals surface area contributed by atoms with Crippen LogP contribution in [0.3, 0.4) is 0 Å². The van der Waals surface area contributed by atoms with Gasteiger partial charge in [-0.2, -0.15) is 0 Å². The molecule has 0 aliphatic carbocycles. The largest absolute Gasteiger partial charge is 0.447 e. The van der Waals surface area contributed by atoms with E-state index in [9.17, 15) is 4.79 Å². The highest BCUT2D eigenvalue weighted by molar-refractivity contribution is 5.74. The molecule has 0 radical (unpaired) electrons. The molecule has 134 valence electrons. The third-order valence-corrected chi connectivity index (χ3v) is 4.26. The standard InChI is InChI=1S/C19H25N3O3/c1-19(2,3)15-12-25-16(22-15)11-20-18(23)21-14-9-10-24-17(14)13-7-5-4-6-8-13/h4-8,12,14,17H,9-11H2,1-3H3,(H2,20,21,23)/t14-,17+/m0/s1. The Labute approximate surface area is 148 Å². The minimum absolute atomic E-state index is 0.0444. The number of carbonyl (C=O) groups excluding carboxylic acids is 1. The molecule has 1 aromatic carbocycles. The average molecular weight is 343 g/mol. The average Bonchev–Trinajstić information content (AvgIpc) is 3.22. The highest BCUT2D eigenvalue weighted by atomic mass is 16.5. The van der Waals surface area contributed by atoms with E-state index in [4.69, 9.17) is 9.15 Å². The summed E-state index contributed by atoms with van der Waals surface area (Å²) < 4.78 is 11.2. The Morgan fingerprint density at radius 2 is 2.04 bits per heavy atom. The van der Waals surface area contributed by atoms with E-state index in [1.807, 2.05) is 30.3 Å². The minimum atomic E-state index is -0.244. The Morgan fingerprint density at radius 3 is 2.72 bits per heavy atom. The summed E-state index contributed by atoms with van der Waals surface area (Å²) in [5.41, 5.74) is 1.87. The predicted octanol–water partition coefficient (Wildman–Crippen LogP) is 3.30. The summed E-state index contributed by atoms with van der Waals surface area (Å²) in [6.45, 7) is 7.10. The maximum absolute atomic E-state index is 12.2. The van der Waals surface area contributed by atoms with Gasteiger partial charge in [-0.1, -0.05) is 51.1 Å². The van der Waals surface area contributed by atoms with Crippen LogP contribution in [-0.4, -0.2) is 23.7 Å². The lowest BCUT2D eigenvalue weighted by Crippen LogP contribution is -2.43. The first-order valence-corrected chi connectivity index (χ1v) is 8.59. The van der Waals surface area contributed by atoms with Gasteiger partial charge in [0.1, 0.15) is 12.4 Å². The number of benzene rings is 1. The Hall–Kier alpha value is -2.34. The zero-order chi connectivity index (χ0) is 17.9. The summed E-state index contributed by atoms with van der Waals surface area (Å²) in [6.07, 6.45) is 2.33. The molecule has 1 aromatic heterocycles. The number of nitrogens with zero attached hydrogens (tertiary/aromatic N) is 1. The lowest BCUT2D eigenvalue weighted by Gasteiger charge is -2.20. The Balaban J connectivity index is 1.53. The molecule has 2 heterocycles. The number of rotatable bonds is 4. The molecule has 0 spiro atoms. The van der Waals surface area contributed by atoms with Gasteiger partial charge in [0, 0.05) is 12.0 Å². The fraction of sp³-hybridized carbons (Fsp3) is 0.474. The van der Waals surface area contributed by atoms with Crippen LogP contribution < -0.4 is 10.6 Å². The van der Waals surface area contributed by atoms with E-state index >= 15 is 0 Å². The van der Waals surface area contributed by atoms with Crippen LogP contribution >= 0.6 is 0 Å². The fourth-order valence-electron chi connectivity index (χ4n) is 2.82. The van der Waals surface area contributed by atoms with E-state index in [1.165, 1.54) is 0 Å². The van der Waals surface area contributed by atoms with Crippen LogP contribution in [0.4, 0.5) is 4.79 Å². The molecule has 1 fully saturated rings. The van der Waals surface area contributed by atoms with Gasteiger partial charge in [0.2, 0.25) is 5.89 Å². The van der Waals surface area contributed by atoms with E-state index in [2.05, 4.69) is 36.4 Å². The first kappa shape index (κ1) is 17.5. The molecule has 25 heavy (non-hydrogen) atoms. The number of hydrogen-bond donors (Lipinski definition) is 2. The van der Waals surface area contributed by atoms with Crippen molar-refractivity contribution >= 4 is 6.03 Å². The molecular formula is C19H25N3O3. The first-order chi connectivity index (χ1) is 11.9. The lowest BCUT2D eigenvalue weighted by molar-refractivity contribution is 0.0999. The number of urea groups is 1. The number of carbonyl (C=O) groups is 1. The van der Waals surface area contributed by atoms with Crippen molar-refractivity contribution in [1.82, 2.24) is 15.6 Å². The number of nitrogens with one attached hydrogen (secondary N) is 2. The van der Waals surface area contributed by atoms with Gasteiger partial charge in [-0.15, -0.1) is 0 Å². The number of ether oxygens (including phenoxy) is 1. The van der Waals surface area contributed by atoms with Crippen molar-refractivity contribution < 1.29 is 13.9 Å². The van der Waals surface area contributed by atoms with Crippen molar-refractivity contribution in [3.05, 3.63) is 53.7 Å². The van der Waals surface area contributed by atoms with Crippen molar-refractivity contribution in [3.63, 3.8) is 0 Å². The Morgan fingerprint density at radius 1 is 1.28 bits per heavy atom. The van der Waals surface area contributed by atoms with E-state index in [-0.39, 0.29) is 30.1 Å². The van der Waals surface area contributed by atoms with Gasteiger partial charge >= 0.3 is 6.03 Å². The molecule has 2 atom stereocenters. The maximum atomic E-state index is 12.2. The topological polar surface area (TPSA) is 76.4 Å². The van der Waals surface area contributed by atoms with Crippen molar-refractivity contribution in [2.75, 3.05) is 6.61 Å². The van der Waals surface area contributed by atoms with Crippen LogP contribution in [0.5, 0.6) is 0 Å². The molecule has 6 nitrogen and oxygen atoms in total. The molecule has 6 heteroatoms. The van der Waals surface area contributed by atoms with Gasteiger partial charge in [-0.3, -0.25) is 0 Å². The van der Waals surface area contributed by atoms with Gasteiger partial charge in [-0.25, -0.2) is 9.78 Å². The van der Waals surface area contributed by atoms with Gasteiger partial charge in [-0.05, 0) is 12.0 Å². The van der Waals surface area contributed by atoms with Crippen molar-refractivity contribution in [2.45, 2.75) is 51.3 Å². The molecule has 1 aliphatic rings. The Bertz CT molecular complexity index is 706. The predicted molar refractivity (Wildman–Crippen MR) is 94.1 cm³/mol. The molecule has 1 saturated heterocycles. The molecule has 2 amide bonds. The van der Waals surface area contributed by atoms with Crippen LogP contribution in [0.1, 0.15) is 50.4 Å². The summed E-state index contributed by atoms with van der Waals surface area (Å²) in [6, 6.07) is 9.67. The van der Waals surface area contributed by atoms with E-state index in [0.717, 1.165) is 17.7 Å². The molecule has 0 bridgehead atoms. The van der Waals surface area contributed by atoms with Crippen LogP contribution in [0, 0.1) is 0 Å². The van der Waals surface area contributed by atoms with Crippen LogP contribution in [0.15, 0.2) is 41.0 Å². The minimum Gasteiger partial charge on any atom is -0.447 e. The van der Waals surface area contributed by atoms with E-state index in [0.29, 0.717) is 12.5 Å². The van der Waals surface area contributed by atoms with E-state index in [1.54, 1.807) is 6.26 Å². The van der Waals surface area contributed by atoms with Crippen LogP contribution in [0.2, 0.25) is 0 Å². The van der Waals surface area contributed by atoms with Gasteiger partial charge in [0.15, 0.2) is 0 Å². The normalized spacial score (nSPS) is 20.4. The summed E-state index contributed by atoms with van der Waals surface area (Å²) in [5, 5.41) is 5.79. The smallest absolute Gasteiger partial charge is 0.315 e. The molecule has 0 unspecified atom stereocenters.